The number of halogens is 3. The first-order chi connectivity index (χ1) is 7.72. The summed E-state index contributed by atoms with van der Waals surface area (Å²) in [7, 11) is 0. The van der Waals surface area contributed by atoms with Gasteiger partial charge in [0.25, 0.3) is 0 Å². The van der Waals surface area contributed by atoms with Crippen LogP contribution in [-0.4, -0.2) is 35.7 Å². The molecular formula is C11H19F3N2O. The Morgan fingerprint density at radius 1 is 1.41 bits per heavy atom. The average Bonchev–Trinajstić information content (AvgIpc) is 2.43. The lowest BCUT2D eigenvalue weighted by Gasteiger charge is -2.21. The van der Waals surface area contributed by atoms with E-state index in [2.05, 4.69) is 5.32 Å². The van der Waals surface area contributed by atoms with E-state index >= 15 is 0 Å². The predicted molar refractivity (Wildman–Crippen MR) is 58.2 cm³/mol. The first kappa shape index (κ1) is 14.3. The smallest absolute Gasteiger partial charge is 0.326 e. The molecular weight excluding hydrogens is 233 g/mol. The van der Waals surface area contributed by atoms with Gasteiger partial charge in [0.2, 0.25) is 5.91 Å². The van der Waals surface area contributed by atoms with Crippen LogP contribution in [0.2, 0.25) is 0 Å². The third-order valence-electron chi connectivity index (χ3n) is 2.96. The lowest BCUT2D eigenvalue weighted by Crippen LogP contribution is -2.35. The van der Waals surface area contributed by atoms with Gasteiger partial charge in [-0.2, -0.15) is 13.2 Å². The van der Waals surface area contributed by atoms with Gasteiger partial charge < -0.3 is 4.90 Å². The lowest BCUT2D eigenvalue weighted by molar-refractivity contribution is -0.140. The van der Waals surface area contributed by atoms with Gasteiger partial charge in [-0.3, -0.25) is 10.1 Å². The van der Waals surface area contributed by atoms with Crippen molar-refractivity contribution in [3.63, 3.8) is 0 Å². The van der Waals surface area contributed by atoms with E-state index in [4.69, 9.17) is 0 Å². The predicted octanol–water partition coefficient (Wildman–Crippen LogP) is 2.13. The van der Waals surface area contributed by atoms with Crippen LogP contribution < -0.4 is 5.32 Å². The van der Waals surface area contributed by atoms with Crippen LogP contribution in [0.25, 0.3) is 0 Å². The maximum absolute atomic E-state index is 12.0. The van der Waals surface area contributed by atoms with Crippen molar-refractivity contribution in [3.8, 4) is 0 Å². The third-order valence-corrected chi connectivity index (χ3v) is 2.96. The topological polar surface area (TPSA) is 32.3 Å². The fourth-order valence-corrected chi connectivity index (χ4v) is 2.02. The molecule has 17 heavy (non-hydrogen) atoms. The molecule has 0 aromatic carbocycles. The van der Waals surface area contributed by atoms with E-state index in [-0.39, 0.29) is 37.0 Å². The van der Waals surface area contributed by atoms with Gasteiger partial charge in [0.1, 0.15) is 0 Å². The normalized spacial score (nSPS) is 26.1. The standard InChI is InChI=1S/C11H19F3N2O/c1-7(2)9-10(17)16(8(3)15-9)6-4-5-11(12,13)14/h7-9,15H,4-6H2,1-3H3. The van der Waals surface area contributed by atoms with Crippen LogP contribution in [-0.2, 0) is 4.79 Å². The van der Waals surface area contributed by atoms with Crippen molar-refractivity contribution in [1.29, 1.82) is 0 Å². The molecule has 3 nitrogen and oxygen atoms in total. The summed E-state index contributed by atoms with van der Waals surface area (Å²) >= 11 is 0. The fourth-order valence-electron chi connectivity index (χ4n) is 2.02. The third kappa shape index (κ3) is 3.87. The molecule has 0 bridgehead atoms. The zero-order chi connectivity index (χ0) is 13.2. The van der Waals surface area contributed by atoms with E-state index in [1.165, 1.54) is 4.90 Å². The highest BCUT2D eigenvalue weighted by Crippen LogP contribution is 2.23. The number of hydrogen-bond donors (Lipinski definition) is 1. The van der Waals surface area contributed by atoms with Crippen molar-refractivity contribution in [2.75, 3.05) is 6.54 Å². The van der Waals surface area contributed by atoms with E-state index < -0.39 is 12.6 Å². The molecule has 2 atom stereocenters. The Morgan fingerprint density at radius 3 is 2.41 bits per heavy atom. The van der Waals surface area contributed by atoms with Crippen molar-refractivity contribution in [1.82, 2.24) is 10.2 Å². The average molecular weight is 252 g/mol. The Bertz CT molecular complexity index is 278. The Labute approximate surface area is 99.4 Å². The number of carbonyl (C=O) groups excluding carboxylic acids is 1. The maximum Gasteiger partial charge on any atom is 0.389 e. The van der Waals surface area contributed by atoms with E-state index in [0.717, 1.165) is 0 Å². The number of alkyl halides is 3. The highest BCUT2D eigenvalue weighted by molar-refractivity contribution is 5.84. The van der Waals surface area contributed by atoms with E-state index in [1.54, 1.807) is 6.92 Å². The Morgan fingerprint density at radius 2 is 2.00 bits per heavy atom. The number of amides is 1. The molecule has 2 unspecified atom stereocenters. The van der Waals surface area contributed by atoms with Crippen LogP contribution in [0.4, 0.5) is 13.2 Å². The minimum Gasteiger partial charge on any atom is -0.326 e. The molecule has 1 aliphatic rings. The molecule has 6 heteroatoms. The lowest BCUT2D eigenvalue weighted by atomic mass is 10.1. The van der Waals surface area contributed by atoms with Crippen LogP contribution in [0.15, 0.2) is 0 Å². The van der Waals surface area contributed by atoms with Gasteiger partial charge >= 0.3 is 6.18 Å². The van der Waals surface area contributed by atoms with E-state index in [0.29, 0.717) is 0 Å². The molecule has 1 saturated heterocycles. The first-order valence-corrected chi connectivity index (χ1v) is 5.85. The van der Waals surface area contributed by atoms with Gasteiger partial charge in [-0.1, -0.05) is 13.8 Å². The SMILES string of the molecule is CC(C)C1NC(C)N(CCCC(F)(F)F)C1=O. The summed E-state index contributed by atoms with van der Waals surface area (Å²) < 4.78 is 36.0. The number of carbonyl (C=O) groups is 1. The van der Waals surface area contributed by atoms with Gasteiger partial charge in [-0.25, -0.2) is 0 Å². The Balaban J connectivity index is 2.46. The Hall–Kier alpha value is -0.780. The monoisotopic (exact) mass is 252 g/mol. The van der Waals surface area contributed by atoms with Crippen LogP contribution in [0.1, 0.15) is 33.6 Å². The molecule has 1 N–H and O–H groups in total. The molecule has 1 aliphatic heterocycles. The summed E-state index contributed by atoms with van der Waals surface area (Å²) in [6.45, 7) is 5.80. The van der Waals surface area contributed by atoms with Gasteiger partial charge in [-0.05, 0) is 19.3 Å². The molecule has 0 aliphatic carbocycles. The van der Waals surface area contributed by atoms with Gasteiger partial charge in [-0.15, -0.1) is 0 Å². The summed E-state index contributed by atoms with van der Waals surface area (Å²) in [5.41, 5.74) is 0. The van der Waals surface area contributed by atoms with Crippen molar-refractivity contribution >= 4 is 5.91 Å². The molecule has 100 valence electrons. The fraction of sp³-hybridized carbons (Fsp3) is 0.909. The van der Waals surface area contributed by atoms with Gasteiger partial charge in [0.05, 0.1) is 12.2 Å². The number of nitrogens with one attached hydrogen (secondary N) is 1. The summed E-state index contributed by atoms with van der Waals surface area (Å²) in [5, 5.41) is 3.10. The van der Waals surface area contributed by atoms with Crippen molar-refractivity contribution < 1.29 is 18.0 Å². The van der Waals surface area contributed by atoms with Gasteiger partial charge in [0, 0.05) is 13.0 Å². The highest BCUT2D eigenvalue weighted by atomic mass is 19.4. The number of hydrogen-bond acceptors (Lipinski definition) is 2. The summed E-state index contributed by atoms with van der Waals surface area (Å²) in [6.07, 6.45) is -5.19. The van der Waals surface area contributed by atoms with Crippen molar-refractivity contribution in [2.45, 2.75) is 52.0 Å². The largest absolute Gasteiger partial charge is 0.389 e. The van der Waals surface area contributed by atoms with E-state index in [9.17, 15) is 18.0 Å². The summed E-state index contributed by atoms with van der Waals surface area (Å²) in [4.78, 5) is 13.4. The summed E-state index contributed by atoms with van der Waals surface area (Å²) in [6, 6.07) is -0.268. The molecule has 1 rings (SSSR count). The molecule has 0 aromatic heterocycles. The number of rotatable bonds is 4. The zero-order valence-electron chi connectivity index (χ0n) is 10.3. The van der Waals surface area contributed by atoms with Crippen molar-refractivity contribution in [2.24, 2.45) is 5.92 Å². The summed E-state index contributed by atoms with van der Waals surface area (Å²) in [5.74, 6) is 0.0623. The van der Waals surface area contributed by atoms with Crippen LogP contribution in [0, 0.1) is 5.92 Å². The second-order valence-electron chi connectivity index (χ2n) is 4.81. The highest BCUT2D eigenvalue weighted by Gasteiger charge is 2.38. The molecule has 0 spiro atoms. The molecule has 1 amide bonds. The minimum absolute atomic E-state index is 0.0356. The van der Waals surface area contributed by atoms with Crippen LogP contribution in [0.5, 0.6) is 0 Å². The molecule has 1 fully saturated rings. The maximum atomic E-state index is 12.0. The quantitative estimate of drug-likeness (QED) is 0.831. The second kappa shape index (κ2) is 5.25. The van der Waals surface area contributed by atoms with Crippen LogP contribution >= 0.6 is 0 Å². The molecule has 1 heterocycles. The van der Waals surface area contributed by atoms with Crippen LogP contribution in [0.3, 0.4) is 0 Å². The first-order valence-electron chi connectivity index (χ1n) is 5.85. The molecule has 0 aromatic rings. The van der Waals surface area contributed by atoms with E-state index in [1.807, 2.05) is 13.8 Å². The number of nitrogens with zero attached hydrogens (tertiary/aromatic N) is 1. The molecule has 0 saturated carbocycles. The zero-order valence-corrected chi connectivity index (χ0v) is 10.3. The van der Waals surface area contributed by atoms with Gasteiger partial charge in [0.15, 0.2) is 0 Å². The molecule has 0 radical (unpaired) electrons. The second-order valence-corrected chi connectivity index (χ2v) is 4.81. The Kier molecular flexibility index (Phi) is 4.41. The minimum atomic E-state index is -4.14. The van der Waals surface area contributed by atoms with Crippen molar-refractivity contribution in [3.05, 3.63) is 0 Å².